The van der Waals surface area contributed by atoms with Crippen molar-refractivity contribution in [3.8, 4) is 17.8 Å². The lowest BCUT2D eigenvalue weighted by Crippen LogP contribution is -2.34. The summed E-state index contributed by atoms with van der Waals surface area (Å²) < 4.78 is 5.59. The van der Waals surface area contributed by atoms with E-state index in [2.05, 4.69) is 31.7 Å². The van der Waals surface area contributed by atoms with Crippen LogP contribution in [0.2, 0.25) is 0 Å². The normalized spacial score (nSPS) is 11.3. The zero-order valence-corrected chi connectivity index (χ0v) is 19.2. The van der Waals surface area contributed by atoms with Gasteiger partial charge in [0, 0.05) is 18.9 Å². The monoisotopic (exact) mass is 464 g/mol. The molecule has 0 bridgehead atoms. The molecule has 0 aliphatic rings. The van der Waals surface area contributed by atoms with Crippen molar-refractivity contribution < 1.29 is 9.53 Å². The minimum Gasteiger partial charge on any atom is -0.423 e. The first-order valence-corrected chi connectivity index (χ1v) is 11.1. The van der Waals surface area contributed by atoms with Crippen LogP contribution < -0.4 is 15.4 Å². The number of nitrogens with one attached hydrogen (secondary N) is 2. The van der Waals surface area contributed by atoms with E-state index in [4.69, 9.17) is 10.00 Å². The van der Waals surface area contributed by atoms with Gasteiger partial charge in [-0.2, -0.15) is 5.26 Å². The lowest BCUT2D eigenvalue weighted by molar-refractivity contribution is -0.118. The minimum absolute atomic E-state index is 0.223. The van der Waals surface area contributed by atoms with Crippen LogP contribution in [0.5, 0.6) is 11.8 Å². The Hall–Kier alpha value is -4.61. The molecule has 2 aromatic carbocycles. The van der Waals surface area contributed by atoms with Crippen LogP contribution in [0.15, 0.2) is 85.3 Å². The Kier molecular flexibility index (Phi) is 7.73. The molecule has 8 nitrogen and oxygen atoms in total. The summed E-state index contributed by atoms with van der Waals surface area (Å²) >= 11 is 0. The lowest BCUT2D eigenvalue weighted by atomic mass is 10.1. The van der Waals surface area contributed by atoms with Gasteiger partial charge in [0.2, 0.25) is 5.91 Å². The van der Waals surface area contributed by atoms with Gasteiger partial charge in [-0.1, -0.05) is 42.5 Å². The third-order valence-electron chi connectivity index (χ3n) is 5.19. The average molecular weight is 465 g/mol. The summed E-state index contributed by atoms with van der Waals surface area (Å²) in [6, 6.07) is 22.1. The van der Waals surface area contributed by atoms with Crippen molar-refractivity contribution >= 4 is 11.7 Å². The Morgan fingerprint density at radius 3 is 2.37 bits per heavy atom. The number of anilines is 1. The molecule has 0 unspecified atom stereocenters. The number of rotatable bonds is 9. The summed E-state index contributed by atoms with van der Waals surface area (Å²) in [6.45, 7) is 2.48. The first kappa shape index (κ1) is 23.5. The topological polar surface area (TPSA) is 113 Å². The number of hydrogen-bond donors (Lipinski definition) is 2. The van der Waals surface area contributed by atoms with Crippen molar-refractivity contribution in [2.75, 3.05) is 11.9 Å². The maximum atomic E-state index is 13.1. The lowest BCUT2D eigenvalue weighted by Gasteiger charge is -2.19. The summed E-state index contributed by atoms with van der Waals surface area (Å²) in [6.07, 6.45) is 5.56. The first-order valence-electron chi connectivity index (χ1n) is 11.1. The molecule has 4 rings (SSSR count). The molecular weight excluding hydrogens is 440 g/mol. The molecule has 0 radical (unpaired) electrons. The molecule has 0 aliphatic heterocycles. The maximum absolute atomic E-state index is 13.1. The largest absolute Gasteiger partial charge is 0.423 e. The predicted octanol–water partition coefficient (Wildman–Crippen LogP) is 4.36. The summed E-state index contributed by atoms with van der Waals surface area (Å²) in [5.74, 6) is 0.646. The second-order valence-electron chi connectivity index (χ2n) is 7.87. The maximum Gasteiger partial charge on any atom is 0.321 e. The van der Waals surface area contributed by atoms with Gasteiger partial charge in [0.1, 0.15) is 17.6 Å². The molecule has 0 saturated carbocycles. The number of aromatic nitrogens is 3. The molecule has 2 aromatic heterocycles. The summed E-state index contributed by atoms with van der Waals surface area (Å²) in [5, 5.41) is 15.2. The average Bonchev–Trinajstić information content (AvgIpc) is 2.90. The van der Waals surface area contributed by atoms with Crippen LogP contribution in [0.4, 0.5) is 5.82 Å². The van der Waals surface area contributed by atoms with Gasteiger partial charge in [0.05, 0.1) is 17.8 Å². The molecule has 0 aliphatic carbocycles. The second-order valence-corrected chi connectivity index (χ2v) is 7.87. The number of ether oxygens (including phenoxy) is 1. The fraction of sp³-hybridized carbons (Fsp3) is 0.148. The first-order chi connectivity index (χ1) is 17.1. The molecular formula is C27H24N6O2. The Bertz CT molecular complexity index is 1290. The highest BCUT2D eigenvalue weighted by Gasteiger charge is 2.20. The Morgan fingerprint density at radius 2 is 1.71 bits per heavy atom. The Morgan fingerprint density at radius 1 is 0.971 bits per heavy atom. The van der Waals surface area contributed by atoms with Crippen LogP contribution in [0.25, 0.3) is 0 Å². The molecule has 1 atom stereocenters. The van der Waals surface area contributed by atoms with E-state index in [0.717, 1.165) is 16.7 Å². The molecule has 0 fully saturated rings. The van der Waals surface area contributed by atoms with Gasteiger partial charge in [0.25, 0.3) is 0 Å². The number of hydrogen-bond acceptors (Lipinski definition) is 7. The number of carbonyl (C=O) groups is 1. The highest BCUT2D eigenvalue weighted by Crippen LogP contribution is 2.20. The van der Waals surface area contributed by atoms with E-state index in [-0.39, 0.29) is 11.9 Å². The Labute approximate surface area is 203 Å². The van der Waals surface area contributed by atoms with Crippen molar-refractivity contribution in [2.24, 2.45) is 0 Å². The van der Waals surface area contributed by atoms with E-state index in [1.165, 1.54) is 6.20 Å². The highest BCUT2D eigenvalue weighted by molar-refractivity contribution is 5.94. The highest BCUT2D eigenvalue weighted by atomic mass is 16.5. The molecule has 0 saturated heterocycles. The number of aryl methyl sites for hydroxylation is 1. The van der Waals surface area contributed by atoms with Gasteiger partial charge in [-0.3, -0.25) is 4.79 Å². The third kappa shape index (κ3) is 6.69. The van der Waals surface area contributed by atoms with Crippen molar-refractivity contribution in [2.45, 2.75) is 19.4 Å². The molecule has 174 valence electrons. The van der Waals surface area contributed by atoms with E-state index in [9.17, 15) is 4.79 Å². The summed E-state index contributed by atoms with van der Waals surface area (Å²) in [5.41, 5.74) is 3.49. The minimum atomic E-state index is -0.562. The van der Waals surface area contributed by atoms with Crippen LogP contribution in [-0.4, -0.2) is 27.4 Å². The smallest absolute Gasteiger partial charge is 0.321 e. The van der Waals surface area contributed by atoms with Crippen LogP contribution in [0.3, 0.4) is 0 Å². The zero-order valence-electron chi connectivity index (χ0n) is 19.2. The number of nitriles is 1. The fourth-order valence-electron chi connectivity index (χ4n) is 3.37. The number of amides is 1. The zero-order chi connectivity index (χ0) is 24.5. The number of pyridine rings is 1. The third-order valence-corrected chi connectivity index (χ3v) is 5.19. The van der Waals surface area contributed by atoms with Crippen LogP contribution in [0, 0.1) is 18.3 Å². The van der Waals surface area contributed by atoms with Crippen molar-refractivity contribution in [3.05, 3.63) is 108 Å². The molecule has 35 heavy (non-hydrogen) atoms. The molecule has 1 amide bonds. The molecule has 2 heterocycles. The molecule has 0 spiro atoms. The molecule has 8 heteroatoms. The predicted molar refractivity (Wildman–Crippen MR) is 132 cm³/mol. The van der Waals surface area contributed by atoms with Gasteiger partial charge in [-0.25, -0.2) is 15.0 Å². The quantitative estimate of drug-likeness (QED) is 0.378. The van der Waals surface area contributed by atoms with Crippen molar-refractivity contribution in [1.29, 1.82) is 5.26 Å². The van der Waals surface area contributed by atoms with Gasteiger partial charge in [-0.05, 0) is 54.3 Å². The number of nitrogens with zero attached hydrogens (tertiary/aromatic N) is 4. The van der Waals surface area contributed by atoms with Crippen molar-refractivity contribution in [1.82, 2.24) is 20.3 Å². The molecule has 2 N–H and O–H groups in total. The standard InChI is InChI=1S/C27H24N6O2/c1-19-16-31-27(32-17-19)35-23-11-12-24(30-18-23)33-26(34)25(22-5-3-2-4-6-22)29-14-13-20-7-9-21(15-28)10-8-20/h2-12,16-18,25,29H,13-14H2,1H3,(H,30,33,34)/t25-/m0/s1. The second kappa shape index (κ2) is 11.5. The van der Waals surface area contributed by atoms with Gasteiger partial charge in [0.15, 0.2) is 0 Å². The van der Waals surface area contributed by atoms with Gasteiger partial charge < -0.3 is 15.4 Å². The summed E-state index contributed by atoms with van der Waals surface area (Å²) in [7, 11) is 0. The van der Waals surface area contributed by atoms with E-state index < -0.39 is 6.04 Å². The number of benzene rings is 2. The fourth-order valence-corrected chi connectivity index (χ4v) is 3.37. The van der Waals surface area contributed by atoms with E-state index in [1.54, 1.807) is 36.7 Å². The van der Waals surface area contributed by atoms with E-state index in [0.29, 0.717) is 30.1 Å². The van der Waals surface area contributed by atoms with Crippen LogP contribution in [0.1, 0.15) is 28.3 Å². The van der Waals surface area contributed by atoms with Crippen molar-refractivity contribution in [3.63, 3.8) is 0 Å². The SMILES string of the molecule is Cc1cnc(Oc2ccc(NC(=O)[C@@H](NCCc3ccc(C#N)cc3)c3ccccc3)nc2)nc1. The Balaban J connectivity index is 1.39. The van der Waals surface area contributed by atoms with Crippen LogP contribution >= 0.6 is 0 Å². The van der Waals surface area contributed by atoms with Gasteiger partial charge >= 0.3 is 6.01 Å². The van der Waals surface area contributed by atoms with E-state index >= 15 is 0 Å². The van der Waals surface area contributed by atoms with Gasteiger partial charge in [-0.15, -0.1) is 0 Å². The van der Waals surface area contributed by atoms with Crippen LogP contribution in [-0.2, 0) is 11.2 Å². The molecule has 4 aromatic rings. The summed E-state index contributed by atoms with van der Waals surface area (Å²) in [4.78, 5) is 25.6. The van der Waals surface area contributed by atoms with E-state index in [1.807, 2.05) is 49.4 Å². The number of carbonyl (C=O) groups excluding carboxylic acids is 1.